The van der Waals surface area contributed by atoms with Gasteiger partial charge in [0.1, 0.15) is 0 Å². The Kier molecular flexibility index (Phi) is 6.97. The quantitative estimate of drug-likeness (QED) is 0.548. The molecule has 1 aromatic heterocycles. The average molecular weight is 480 g/mol. The number of nitrogens with zero attached hydrogens (tertiary/aromatic N) is 2. The molecule has 6 nitrogen and oxygen atoms in total. The number of benzene rings is 2. The molecule has 2 aromatic carbocycles. The minimum Gasteiger partial charge on any atom is -0.352 e. The highest BCUT2D eigenvalue weighted by atomic mass is 32.2. The summed E-state index contributed by atoms with van der Waals surface area (Å²) in [6.45, 7) is 4.93. The fourth-order valence-corrected chi connectivity index (χ4v) is 4.62. The first kappa shape index (κ1) is 24.5. The van der Waals surface area contributed by atoms with Crippen molar-refractivity contribution in [3.63, 3.8) is 0 Å². The first-order chi connectivity index (χ1) is 15.4. The van der Waals surface area contributed by atoms with E-state index in [0.717, 1.165) is 11.6 Å². The summed E-state index contributed by atoms with van der Waals surface area (Å²) in [6.07, 6.45) is -5.00. The van der Waals surface area contributed by atoms with Crippen molar-refractivity contribution in [2.45, 2.75) is 44.8 Å². The zero-order valence-electron chi connectivity index (χ0n) is 18.4. The van der Waals surface area contributed by atoms with Gasteiger partial charge in [0.05, 0.1) is 27.6 Å². The summed E-state index contributed by atoms with van der Waals surface area (Å²) in [5.74, 6) is -1.09. The normalized spacial score (nSPS) is 12.1. The number of amides is 1. The zero-order valence-corrected chi connectivity index (χ0v) is 19.2. The molecule has 0 fully saturated rings. The predicted octanol–water partition coefficient (Wildman–Crippen LogP) is 4.30. The lowest BCUT2D eigenvalue weighted by atomic mass is 10.1. The van der Waals surface area contributed by atoms with Gasteiger partial charge in [-0.15, -0.1) is 0 Å². The van der Waals surface area contributed by atoms with E-state index in [0.29, 0.717) is 11.4 Å². The van der Waals surface area contributed by atoms with E-state index in [4.69, 9.17) is 0 Å². The van der Waals surface area contributed by atoms with Crippen LogP contribution >= 0.6 is 0 Å². The molecule has 3 aromatic rings. The molecule has 1 amide bonds. The number of nitrogens with one attached hydrogen (secondary N) is 1. The van der Waals surface area contributed by atoms with Gasteiger partial charge in [0.25, 0.3) is 0 Å². The molecule has 0 atom stereocenters. The first-order valence-corrected chi connectivity index (χ1v) is 11.8. The van der Waals surface area contributed by atoms with E-state index in [9.17, 15) is 26.4 Å². The summed E-state index contributed by atoms with van der Waals surface area (Å²) in [5, 5.41) is 6.60. The van der Waals surface area contributed by atoms with Crippen molar-refractivity contribution in [1.82, 2.24) is 15.1 Å². The van der Waals surface area contributed by atoms with Crippen molar-refractivity contribution >= 4 is 15.7 Å². The van der Waals surface area contributed by atoms with Crippen LogP contribution < -0.4 is 5.32 Å². The number of alkyl halides is 3. The van der Waals surface area contributed by atoms with Crippen LogP contribution in [0.2, 0.25) is 0 Å². The van der Waals surface area contributed by atoms with Crippen LogP contribution in [-0.4, -0.2) is 29.9 Å². The monoisotopic (exact) mass is 479 g/mol. The molecule has 0 aliphatic carbocycles. The van der Waals surface area contributed by atoms with Crippen LogP contribution in [0.25, 0.3) is 5.69 Å². The molecular formula is C23H24F3N3O3S. The van der Waals surface area contributed by atoms with E-state index in [1.54, 1.807) is 32.0 Å². The van der Waals surface area contributed by atoms with Crippen molar-refractivity contribution in [2.24, 2.45) is 0 Å². The van der Waals surface area contributed by atoms with Crippen molar-refractivity contribution in [3.8, 4) is 5.69 Å². The highest BCUT2D eigenvalue weighted by molar-refractivity contribution is 7.91. The summed E-state index contributed by atoms with van der Waals surface area (Å²) in [5.41, 5.74) is 1.51. The molecule has 0 spiro atoms. The minimum absolute atomic E-state index is 0.0972. The topological polar surface area (TPSA) is 81.1 Å². The zero-order chi connectivity index (χ0) is 24.4. The van der Waals surface area contributed by atoms with Crippen LogP contribution in [-0.2, 0) is 27.4 Å². The lowest BCUT2D eigenvalue weighted by Crippen LogP contribution is -2.26. The van der Waals surface area contributed by atoms with Crippen molar-refractivity contribution < 1.29 is 26.4 Å². The van der Waals surface area contributed by atoms with Crippen LogP contribution in [0.4, 0.5) is 13.2 Å². The highest BCUT2D eigenvalue weighted by Crippen LogP contribution is 2.33. The lowest BCUT2D eigenvalue weighted by Gasteiger charge is -2.16. The third-order valence-electron chi connectivity index (χ3n) is 5.11. The van der Waals surface area contributed by atoms with Crippen LogP contribution in [0.5, 0.6) is 0 Å². The number of sulfone groups is 1. The van der Waals surface area contributed by atoms with Crippen LogP contribution in [0, 0.1) is 20.8 Å². The molecule has 0 radical (unpaired) electrons. The minimum atomic E-state index is -4.64. The van der Waals surface area contributed by atoms with Crippen molar-refractivity contribution in [3.05, 3.63) is 76.6 Å². The van der Waals surface area contributed by atoms with Gasteiger partial charge in [-0.2, -0.15) is 18.3 Å². The van der Waals surface area contributed by atoms with Gasteiger partial charge < -0.3 is 5.32 Å². The SMILES string of the molecule is Cc1ccc(S(=O)(=O)CCC(=O)NCc2ccc(-n3nc(C)cc3C)cc2C(F)(F)F)cc1. The first-order valence-electron chi connectivity index (χ1n) is 10.2. The second-order valence-corrected chi connectivity index (χ2v) is 9.95. The van der Waals surface area contributed by atoms with Crippen molar-refractivity contribution in [1.29, 1.82) is 0 Å². The Bertz CT molecular complexity index is 1260. The Hall–Kier alpha value is -3.14. The Balaban J connectivity index is 1.70. The van der Waals surface area contributed by atoms with Gasteiger partial charge in [-0.3, -0.25) is 4.79 Å². The van der Waals surface area contributed by atoms with Gasteiger partial charge >= 0.3 is 6.18 Å². The molecule has 176 valence electrons. The van der Waals surface area contributed by atoms with E-state index in [1.165, 1.54) is 28.9 Å². The number of aromatic nitrogens is 2. The standard InChI is InChI=1S/C23H24F3N3O3S/c1-15-4-8-20(9-5-15)33(31,32)11-10-22(30)27-14-18-6-7-19(13-21(18)23(24,25)26)29-17(3)12-16(2)28-29/h4-9,12-13H,10-11,14H2,1-3H3,(H,27,30). The summed E-state index contributed by atoms with van der Waals surface area (Å²) < 4.78 is 67.2. The van der Waals surface area contributed by atoms with Gasteiger partial charge in [0.15, 0.2) is 9.84 Å². The fraction of sp³-hybridized carbons (Fsp3) is 0.304. The Morgan fingerprint density at radius 1 is 1.03 bits per heavy atom. The molecule has 0 saturated heterocycles. The van der Waals surface area contributed by atoms with Gasteiger partial charge in [-0.05, 0) is 56.7 Å². The number of hydrogen-bond donors (Lipinski definition) is 1. The molecular weight excluding hydrogens is 455 g/mol. The molecule has 0 aliphatic rings. The number of rotatable bonds is 7. The number of carbonyl (C=O) groups is 1. The van der Waals surface area contributed by atoms with Crippen LogP contribution in [0.3, 0.4) is 0 Å². The third-order valence-corrected chi connectivity index (χ3v) is 6.84. The average Bonchev–Trinajstić information content (AvgIpc) is 3.08. The van der Waals surface area contributed by atoms with Gasteiger partial charge in [0.2, 0.25) is 5.91 Å². The number of halogens is 3. The fourth-order valence-electron chi connectivity index (χ4n) is 3.38. The molecule has 1 heterocycles. The maximum absolute atomic E-state index is 13.7. The van der Waals surface area contributed by atoms with Gasteiger partial charge in [-0.25, -0.2) is 13.1 Å². The molecule has 0 unspecified atom stereocenters. The molecule has 10 heteroatoms. The largest absolute Gasteiger partial charge is 0.416 e. The Labute approximate surface area is 190 Å². The molecule has 33 heavy (non-hydrogen) atoms. The molecule has 1 N–H and O–H groups in total. The smallest absolute Gasteiger partial charge is 0.352 e. The maximum atomic E-state index is 13.7. The number of hydrogen-bond acceptors (Lipinski definition) is 4. The van der Waals surface area contributed by atoms with E-state index in [1.807, 2.05) is 6.92 Å². The van der Waals surface area contributed by atoms with Crippen LogP contribution in [0.15, 0.2) is 53.4 Å². The molecule has 3 rings (SSSR count). The van der Waals surface area contributed by atoms with E-state index >= 15 is 0 Å². The molecule has 0 aliphatic heterocycles. The van der Waals surface area contributed by atoms with Gasteiger partial charge in [0, 0.05) is 18.7 Å². The number of carbonyl (C=O) groups excluding carboxylic acids is 1. The second-order valence-electron chi connectivity index (χ2n) is 7.84. The Morgan fingerprint density at radius 2 is 1.70 bits per heavy atom. The van der Waals surface area contributed by atoms with Crippen molar-refractivity contribution in [2.75, 3.05) is 5.75 Å². The highest BCUT2D eigenvalue weighted by Gasteiger charge is 2.34. The van der Waals surface area contributed by atoms with E-state index < -0.39 is 33.2 Å². The summed E-state index contributed by atoms with van der Waals surface area (Å²) >= 11 is 0. The van der Waals surface area contributed by atoms with Crippen LogP contribution in [0.1, 0.15) is 34.5 Å². The second kappa shape index (κ2) is 9.38. The summed E-state index contributed by atoms with van der Waals surface area (Å²) in [6, 6.07) is 11.8. The third kappa shape index (κ3) is 6.01. The molecule has 0 bridgehead atoms. The van der Waals surface area contributed by atoms with E-state index in [-0.39, 0.29) is 29.1 Å². The summed E-state index contributed by atoms with van der Waals surface area (Å²) in [7, 11) is -3.68. The summed E-state index contributed by atoms with van der Waals surface area (Å²) in [4.78, 5) is 12.3. The maximum Gasteiger partial charge on any atom is 0.416 e. The lowest BCUT2D eigenvalue weighted by molar-refractivity contribution is -0.138. The predicted molar refractivity (Wildman–Crippen MR) is 118 cm³/mol. The van der Waals surface area contributed by atoms with E-state index in [2.05, 4.69) is 10.4 Å². The number of aryl methyl sites for hydroxylation is 3. The Morgan fingerprint density at radius 3 is 2.27 bits per heavy atom. The molecule has 0 saturated carbocycles. The van der Waals surface area contributed by atoms with Gasteiger partial charge in [-0.1, -0.05) is 23.8 Å².